The predicted molar refractivity (Wildman–Crippen MR) is 92.8 cm³/mol. The third-order valence-corrected chi connectivity index (χ3v) is 5.88. The van der Waals surface area contributed by atoms with E-state index in [0.717, 1.165) is 31.6 Å². The number of anilines is 1. The summed E-state index contributed by atoms with van der Waals surface area (Å²) < 4.78 is 5.72. The normalized spacial score (nSPS) is 31.4. The first kappa shape index (κ1) is 16.7. The molecule has 3 aliphatic rings. The molecule has 3 fully saturated rings. The number of fused-ring (bicyclic) bond motifs is 2. The van der Waals surface area contributed by atoms with Crippen LogP contribution in [0.15, 0.2) is 24.3 Å². The molecule has 0 saturated carbocycles. The maximum atomic E-state index is 12.9. The molecule has 2 bridgehead atoms. The van der Waals surface area contributed by atoms with Crippen LogP contribution in [0, 0.1) is 11.8 Å². The molecule has 0 radical (unpaired) electrons. The molecule has 134 valence electrons. The Balaban J connectivity index is 1.41. The second kappa shape index (κ2) is 6.50. The number of amides is 1. The molecular weight excluding hydrogens is 344 g/mol. The van der Waals surface area contributed by atoms with Gasteiger partial charge in [0.1, 0.15) is 0 Å². The summed E-state index contributed by atoms with van der Waals surface area (Å²) in [5.41, 5.74) is 1.09. The first-order chi connectivity index (χ1) is 12.0. The maximum Gasteiger partial charge on any atom is 0.310 e. The quantitative estimate of drug-likeness (QED) is 0.886. The highest BCUT2D eigenvalue weighted by Crippen LogP contribution is 2.44. The number of benzene rings is 1. The Kier molecular flexibility index (Phi) is 4.33. The van der Waals surface area contributed by atoms with E-state index in [0.29, 0.717) is 18.1 Å². The van der Waals surface area contributed by atoms with Crippen LogP contribution in [0.3, 0.4) is 0 Å². The summed E-state index contributed by atoms with van der Waals surface area (Å²) in [5, 5.41) is 10.2. The molecule has 3 aliphatic heterocycles. The predicted octanol–water partition coefficient (Wildman–Crippen LogP) is 1.87. The van der Waals surface area contributed by atoms with Crippen LogP contribution in [0.4, 0.5) is 5.69 Å². The number of rotatable bonds is 3. The average Bonchev–Trinajstić information content (AvgIpc) is 3.23. The Morgan fingerprint density at radius 1 is 1.00 bits per heavy atom. The van der Waals surface area contributed by atoms with E-state index in [4.69, 9.17) is 16.3 Å². The van der Waals surface area contributed by atoms with Crippen LogP contribution in [0.25, 0.3) is 0 Å². The van der Waals surface area contributed by atoms with Gasteiger partial charge in [-0.25, -0.2) is 0 Å². The second-order valence-corrected chi connectivity index (χ2v) is 7.41. The van der Waals surface area contributed by atoms with Crippen LogP contribution in [0.5, 0.6) is 0 Å². The molecule has 3 saturated heterocycles. The Bertz CT molecular complexity index is 672. The lowest BCUT2D eigenvalue weighted by molar-refractivity contribution is -0.151. The van der Waals surface area contributed by atoms with E-state index in [-0.39, 0.29) is 18.1 Å². The van der Waals surface area contributed by atoms with Gasteiger partial charge in [0, 0.05) is 36.9 Å². The van der Waals surface area contributed by atoms with Crippen molar-refractivity contribution in [1.29, 1.82) is 0 Å². The number of carboxylic acid groups (broad SMARTS) is 1. The lowest BCUT2D eigenvalue weighted by Gasteiger charge is -2.38. The molecule has 4 rings (SSSR count). The van der Waals surface area contributed by atoms with Gasteiger partial charge >= 0.3 is 5.97 Å². The van der Waals surface area contributed by atoms with Crippen LogP contribution >= 0.6 is 11.6 Å². The Morgan fingerprint density at radius 3 is 2.20 bits per heavy atom. The maximum absolute atomic E-state index is 12.9. The second-order valence-electron chi connectivity index (χ2n) is 6.97. The molecule has 6 nitrogen and oxygen atoms in total. The van der Waals surface area contributed by atoms with Gasteiger partial charge in [-0.15, -0.1) is 0 Å². The first-order valence-electron chi connectivity index (χ1n) is 8.72. The van der Waals surface area contributed by atoms with Crippen LogP contribution in [0.1, 0.15) is 12.8 Å². The molecule has 1 N–H and O–H groups in total. The van der Waals surface area contributed by atoms with Gasteiger partial charge in [0.05, 0.1) is 24.0 Å². The van der Waals surface area contributed by atoms with Crippen LogP contribution in [0.2, 0.25) is 5.02 Å². The Hall–Kier alpha value is -1.79. The molecule has 3 heterocycles. The van der Waals surface area contributed by atoms with E-state index in [2.05, 4.69) is 4.90 Å². The molecule has 1 amide bonds. The molecule has 0 aliphatic carbocycles. The van der Waals surface area contributed by atoms with Crippen LogP contribution in [-0.2, 0) is 14.3 Å². The number of carbonyl (C=O) groups is 2. The van der Waals surface area contributed by atoms with Crippen molar-refractivity contribution < 1.29 is 19.4 Å². The number of ether oxygens (including phenoxy) is 1. The minimum atomic E-state index is -0.912. The number of hydrogen-bond donors (Lipinski definition) is 1. The Morgan fingerprint density at radius 2 is 1.60 bits per heavy atom. The van der Waals surface area contributed by atoms with Gasteiger partial charge in [0.25, 0.3) is 0 Å². The molecule has 0 unspecified atom stereocenters. The summed E-state index contributed by atoms with van der Waals surface area (Å²) in [6.45, 7) is 2.66. The van der Waals surface area contributed by atoms with Crippen molar-refractivity contribution in [2.75, 3.05) is 31.1 Å². The lowest BCUT2D eigenvalue weighted by atomic mass is 9.78. The fraction of sp³-hybridized carbons (Fsp3) is 0.556. The standard InChI is InChI=1S/C18H21ClN2O4/c19-11-1-3-12(4-2-11)20-7-9-21(10-8-20)17(22)15-13-5-6-14(25-13)16(15)18(23)24/h1-4,13-16H,5-10H2,(H,23,24)/t13-,14-,15-,16-/m0/s1. The summed E-state index contributed by atoms with van der Waals surface area (Å²) in [4.78, 5) is 28.5. The number of carbonyl (C=O) groups excluding carboxylic acids is 1. The number of carboxylic acids is 1. The van der Waals surface area contributed by atoms with Crippen molar-refractivity contribution in [3.05, 3.63) is 29.3 Å². The van der Waals surface area contributed by atoms with Crippen molar-refractivity contribution in [3.63, 3.8) is 0 Å². The molecular formula is C18H21ClN2O4. The van der Waals surface area contributed by atoms with Gasteiger partial charge in [-0.2, -0.15) is 0 Å². The van der Waals surface area contributed by atoms with E-state index < -0.39 is 17.8 Å². The van der Waals surface area contributed by atoms with E-state index >= 15 is 0 Å². The summed E-state index contributed by atoms with van der Waals surface area (Å²) in [6.07, 6.45) is 1.01. The summed E-state index contributed by atoms with van der Waals surface area (Å²) in [5.74, 6) is -2.19. The first-order valence-corrected chi connectivity index (χ1v) is 9.10. The number of halogens is 1. The molecule has 25 heavy (non-hydrogen) atoms. The largest absolute Gasteiger partial charge is 0.481 e. The minimum absolute atomic E-state index is 0.0599. The minimum Gasteiger partial charge on any atom is -0.481 e. The monoisotopic (exact) mass is 364 g/mol. The van der Waals surface area contributed by atoms with E-state index in [1.54, 1.807) is 4.90 Å². The Labute approximate surface area is 151 Å². The van der Waals surface area contributed by atoms with Gasteiger partial charge in [-0.1, -0.05) is 11.6 Å². The zero-order valence-electron chi connectivity index (χ0n) is 13.8. The topological polar surface area (TPSA) is 70.1 Å². The zero-order chi connectivity index (χ0) is 17.6. The van der Waals surface area contributed by atoms with Crippen molar-refractivity contribution in [2.24, 2.45) is 11.8 Å². The van der Waals surface area contributed by atoms with E-state index in [1.165, 1.54) is 0 Å². The molecule has 4 atom stereocenters. The highest BCUT2D eigenvalue weighted by molar-refractivity contribution is 6.30. The fourth-order valence-corrected chi connectivity index (χ4v) is 4.48. The SMILES string of the molecule is O=C(O)[C@@H]1[C@@H](C(=O)N2CCN(c3ccc(Cl)cc3)CC2)[C@@H]2CC[C@@H]1O2. The third-order valence-electron chi connectivity index (χ3n) is 5.63. The van der Waals surface area contributed by atoms with Gasteiger partial charge in [-0.05, 0) is 37.1 Å². The lowest BCUT2D eigenvalue weighted by Crippen LogP contribution is -2.53. The van der Waals surface area contributed by atoms with Crippen LogP contribution < -0.4 is 4.90 Å². The van der Waals surface area contributed by atoms with Crippen molar-refractivity contribution in [3.8, 4) is 0 Å². The highest BCUT2D eigenvalue weighted by atomic mass is 35.5. The summed E-state index contributed by atoms with van der Waals surface area (Å²) >= 11 is 5.93. The fourth-order valence-electron chi connectivity index (χ4n) is 4.35. The van der Waals surface area contributed by atoms with Crippen molar-refractivity contribution in [2.45, 2.75) is 25.0 Å². The van der Waals surface area contributed by atoms with Crippen LogP contribution in [-0.4, -0.2) is 60.3 Å². The van der Waals surface area contributed by atoms with Crippen molar-refractivity contribution >= 4 is 29.2 Å². The number of nitrogens with zero attached hydrogens (tertiary/aromatic N) is 2. The molecule has 7 heteroatoms. The highest BCUT2D eigenvalue weighted by Gasteiger charge is 2.56. The van der Waals surface area contributed by atoms with Gasteiger partial charge < -0.3 is 19.6 Å². The zero-order valence-corrected chi connectivity index (χ0v) is 14.6. The average molecular weight is 365 g/mol. The van der Waals surface area contributed by atoms with Gasteiger partial charge in [0.15, 0.2) is 0 Å². The van der Waals surface area contributed by atoms with E-state index in [1.807, 2.05) is 24.3 Å². The van der Waals surface area contributed by atoms with Gasteiger partial charge in [-0.3, -0.25) is 9.59 Å². The molecule has 0 aromatic heterocycles. The van der Waals surface area contributed by atoms with Crippen molar-refractivity contribution in [1.82, 2.24) is 4.90 Å². The summed E-state index contributed by atoms with van der Waals surface area (Å²) in [7, 11) is 0. The smallest absolute Gasteiger partial charge is 0.310 e. The number of aliphatic carboxylic acids is 1. The van der Waals surface area contributed by atoms with E-state index in [9.17, 15) is 14.7 Å². The van der Waals surface area contributed by atoms with Gasteiger partial charge in [0.2, 0.25) is 5.91 Å². The molecule has 0 spiro atoms. The number of piperazine rings is 1. The number of hydrogen-bond acceptors (Lipinski definition) is 4. The molecule has 1 aromatic carbocycles. The third kappa shape index (κ3) is 2.98. The summed E-state index contributed by atoms with van der Waals surface area (Å²) in [6, 6.07) is 7.67. The molecule has 1 aromatic rings.